The zero-order valence-electron chi connectivity index (χ0n) is 9.02. The second-order valence-electron chi connectivity index (χ2n) is 3.67. The first-order chi connectivity index (χ1) is 7.86. The molecule has 1 aromatic heterocycles. The summed E-state index contributed by atoms with van der Waals surface area (Å²) in [7, 11) is 0. The van der Waals surface area contributed by atoms with Gasteiger partial charge in [-0.3, -0.25) is 9.48 Å². The van der Waals surface area contributed by atoms with E-state index in [0.29, 0.717) is 19.6 Å². The third-order valence-electron chi connectivity index (χ3n) is 2.47. The van der Waals surface area contributed by atoms with E-state index in [1.54, 1.807) is 17.1 Å². The number of amides is 1. The van der Waals surface area contributed by atoms with Gasteiger partial charge in [0.05, 0.1) is 18.8 Å². The van der Waals surface area contributed by atoms with Crippen molar-refractivity contribution in [2.45, 2.75) is 12.6 Å². The predicted molar refractivity (Wildman–Crippen MR) is 57.7 cm³/mol. The Morgan fingerprint density at radius 1 is 1.56 bits per heavy atom. The van der Waals surface area contributed by atoms with Gasteiger partial charge < -0.3 is 16.0 Å². The average Bonchev–Trinajstić information content (AvgIpc) is 2.83. The molecular weight excluding hydrogens is 208 g/mol. The van der Waals surface area contributed by atoms with Gasteiger partial charge in [0.2, 0.25) is 5.91 Å². The minimum atomic E-state index is -0.121. The van der Waals surface area contributed by atoms with Crippen LogP contribution in [-0.4, -0.2) is 53.1 Å². The van der Waals surface area contributed by atoms with Gasteiger partial charge in [-0.05, 0) is 0 Å². The number of aromatic nitrogens is 3. The van der Waals surface area contributed by atoms with Crippen LogP contribution in [0.2, 0.25) is 0 Å². The molecule has 1 aliphatic rings. The number of hydrogen-bond acceptors (Lipinski definition) is 5. The molecule has 7 heteroatoms. The lowest BCUT2D eigenvalue weighted by molar-refractivity contribution is -0.123. The molecule has 0 spiro atoms. The van der Waals surface area contributed by atoms with Crippen LogP contribution in [0.25, 0.3) is 0 Å². The first kappa shape index (κ1) is 11.0. The van der Waals surface area contributed by atoms with E-state index in [-0.39, 0.29) is 11.9 Å². The van der Waals surface area contributed by atoms with Crippen LogP contribution in [0.15, 0.2) is 12.4 Å². The van der Waals surface area contributed by atoms with E-state index in [2.05, 4.69) is 26.3 Å². The summed E-state index contributed by atoms with van der Waals surface area (Å²) in [5.41, 5.74) is 0. The lowest BCUT2D eigenvalue weighted by Crippen LogP contribution is -2.55. The van der Waals surface area contributed by atoms with Crippen molar-refractivity contribution in [2.24, 2.45) is 0 Å². The minimum absolute atomic E-state index is 0.0346. The van der Waals surface area contributed by atoms with Crippen LogP contribution in [0.3, 0.4) is 0 Å². The first-order valence-corrected chi connectivity index (χ1v) is 5.42. The van der Waals surface area contributed by atoms with Gasteiger partial charge in [0.25, 0.3) is 0 Å². The van der Waals surface area contributed by atoms with Crippen molar-refractivity contribution in [3.8, 4) is 0 Å². The van der Waals surface area contributed by atoms with Crippen LogP contribution in [0.5, 0.6) is 0 Å². The van der Waals surface area contributed by atoms with Crippen molar-refractivity contribution in [3.63, 3.8) is 0 Å². The van der Waals surface area contributed by atoms with Gasteiger partial charge in [-0.2, -0.15) is 0 Å². The Balaban J connectivity index is 1.67. The van der Waals surface area contributed by atoms with Crippen LogP contribution in [0.1, 0.15) is 0 Å². The van der Waals surface area contributed by atoms with Gasteiger partial charge in [0, 0.05) is 32.4 Å². The van der Waals surface area contributed by atoms with Gasteiger partial charge in [-0.25, -0.2) is 0 Å². The van der Waals surface area contributed by atoms with E-state index in [0.717, 1.165) is 13.1 Å². The summed E-state index contributed by atoms with van der Waals surface area (Å²) in [5.74, 6) is 0.0346. The first-order valence-electron chi connectivity index (χ1n) is 5.42. The fraction of sp³-hybridized carbons (Fsp3) is 0.667. The summed E-state index contributed by atoms with van der Waals surface area (Å²) in [5, 5.41) is 16.7. The standard InChI is InChI=1S/C9H16N6O/c16-9(8-7-10-1-2-11-8)12-3-5-15-6-4-13-14-15/h4,6,8,10-11H,1-3,5,7H2,(H,12,16). The molecule has 2 rings (SSSR count). The van der Waals surface area contributed by atoms with E-state index in [4.69, 9.17) is 0 Å². The Kier molecular flexibility index (Phi) is 3.84. The molecule has 1 amide bonds. The zero-order valence-corrected chi connectivity index (χ0v) is 9.02. The van der Waals surface area contributed by atoms with E-state index >= 15 is 0 Å². The predicted octanol–water partition coefficient (Wildman–Crippen LogP) is -2.04. The summed E-state index contributed by atoms with van der Waals surface area (Å²) in [4.78, 5) is 11.7. The molecule has 0 aromatic carbocycles. The Hall–Kier alpha value is -1.47. The highest BCUT2D eigenvalue weighted by molar-refractivity contribution is 5.82. The molecule has 16 heavy (non-hydrogen) atoms. The molecule has 0 bridgehead atoms. The molecule has 1 aromatic rings. The molecule has 2 heterocycles. The number of hydrogen-bond donors (Lipinski definition) is 3. The molecule has 0 radical (unpaired) electrons. The number of nitrogens with one attached hydrogen (secondary N) is 3. The van der Waals surface area contributed by atoms with E-state index < -0.39 is 0 Å². The van der Waals surface area contributed by atoms with Crippen molar-refractivity contribution in [1.82, 2.24) is 30.9 Å². The summed E-state index contributed by atoms with van der Waals surface area (Å²) in [6, 6.07) is -0.121. The molecule has 1 aliphatic heterocycles. The number of rotatable bonds is 4. The van der Waals surface area contributed by atoms with Crippen LogP contribution in [0, 0.1) is 0 Å². The zero-order chi connectivity index (χ0) is 11.2. The molecule has 0 saturated carbocycles. The van der Waals surface area contributed by atoms with E-state index in [1.807, 2.05) is 0 Å². The van der Waals surface area contributed by atoms with Crippen molar-refractivity contribution in [3.05, 3.63) is 12.4 Å². The van der Waals surface area contributed by atoms with E-state index in [1.165, 1.54) is 0 Å². The molecule has 3 N–H and O–H groups in total. The van der Waals surface area contributed by atoms with Crippen LogP contribution < -0.4 is 16.0 Å². The number of piperazine rings is 1. The molecule has 0 aliphatic carbocycles. The second-order valence-corrected chi connectivity index (χ2v) is 3.67. The van der Waals surface area contributed by atoms with Gasteiger partial charge in [0.15, 0.2) is 0 Å². The number of carbonyl (C=O) groups excluding carboxylic acids is 1. The van der Waals surface area contributed by atoms with Crippen molar-refractivity contribution in [2.75, 3.05) is 26.2 Å². The summed E-state index contributed by atoms with van der Waals surface area (Å²) >= 11 is 0. The highest BCUT2D eigenvalue weighted by atomic mass is 16.2. The Labute approximate surface area is 93.6 Å². The molecule has 88 valence electrons. The Morgan fingerprint density at radius 3 is 3.19 bits per heavy atom. The van der Waals surface area contributed by atoms with Gasteiger partial charge in [-0.15, -0.1) is 5.10 Å². The summed E-state index contributed by atoms with van der Waals surface area (Å²) in [6.45, 7) is 3.66. The second kappa shape index (κ2) is 5.57. The Morgan fingerprint density at radius 2 is 2.50 bits per heavy atom. The SMILES string of the molecule is O=C(NCCn1ccnn1)C1CNCCN1. The number of nitrogens with zero attached hydrogens (tertiary/aromatic N) is 3. The lowest BCUT2D eigenvalue weighted by atomic mass is 10.2. The fourth-order valence-electron chi connectivity index (χ4n) is 1.61. The van der Waals surface area contributed by atoms with Crippen LogP contribution in [-0.2, 0) is 11.3 Å². The summed E-state index contributed by atoms with van der Waals surface area (Å²) in [6.07, 6.45) is 3.39. The largest absolute Gasteiger partial charge is 0.353 e. The van der Waals surface area contributed by atoms with Gasteiger partial charge in [-0.1, -0.05) is 5.21 Å². The quantitative estimate of drug-likeness (QED) is 0.548. The maximum Gasteiger partial charge on any atom is 0.238 e. The molecule has 1 unspecified atom stereocenters. The topological polar surface area (TPSA) is 83.9 Å². The highest BCUT2D eigenvalue weighted by Crippen LogP contribution is 1.87. The lowest BCUT2D eigenvalue weighted by Gasteiger charge is -2.23. The monoisotopic (exact) mass is 224 g/mol. The molecule has 7 nitrogen and oxygen atoms in total. The molecule has 1 fully saturated rings. The van der Waals surface area contributed by atoms with Crippen molar-refractivity contribution >= 4 is 5.91 Å². The molecular formula is C9H16N6O. The fourth-order valence-corrected chi connectivity index (χ4v) is 1.61. The normalized spacial score (nSPS) is 20.6. The molecule has 1 atom stereocenters. The number of carbonyl (C=O) groups is 1. The maximum atomic E-state index is 11.7. The highest BCUT2D eigenvalue weighted by Gasteiger charge is 2.19. The van der Waals surface area contributed by atoms with E-state index in [9.17, 15) is 4.79 Å². The van der Waals surface area contributed by atoms with Crippen molar-refractivity contribution in [1.29, 1.82) is 0 Å². The van der Waals surface area contributed by atoms with Gasteiger partial charge >= 0.3 is 0 Å². The van der Waals surface area contributed by atoms with Crippen molar-refractivity contribution < 1.29 is 4.79 Å². The maximum absolute atomic E-state index is 11.7. The Bertz CT molecular complexity index is 319. The smallest absolute Gasteiger partial charge is 0.238 e. The average molecular weight is 224 g/mol. The van der Waals surface area contributed by atoms with Crippen LogP contribution >= 0.6 is 0 Å². The molecule has 1 saturated heterocycles. The van der Waals surface area contributed by atoms with Crippen LogP contribution in [0.4, 0.5) is 0 Å². The summed E-state index contributed by atoms with van der Waals surface area (Å²) < 4.78 is 1.69. The third-order valence-corrected chi connectivity index (χ3v) is 2.47. The van der Waals surface area contributed by atoms with Gasteiger partial charge in [0.1, 0.15) is 0 Å². The third kappa shape index (κ3) is 3.01. The minimum Gasteiger partial charge on any atom is -0.353 e.